The second-order valence-corrected chi connectivity index (χ2v) is 6.83. The van der Waals surface area contributed by atoms with E-state index in [1.54, 1.807) is 6.92 Å². The van der Waals surface area contributed by atoms with Crippen LogP contribution in [0.1, 0.15) is 36.6 Å². The summed E-state index contributed by atoms with van der Waals surface area (Å²) >= 11 is 0. The van der Waals surface area contributed by atoms with E-state index in [4.69, 9.17) is 4.74 Å². The van der Waals surface area contributed by atoms with Crippen LogP contribution in [0.2, 0.25) is 0 Å². The van der Waals surface area contributed by atoms with Crippen LogP contribution < -0.4 is 20.7 Å². The second-order valence-electron chi connectivity index (χ2n) is 6.83. The van der Waals surface area contributed by atoms with E-state index in [2.05, 4.69) is 16.0 Å². The number of amides is 3. The number of hydrogen-bond acceptors (Lipinski definition) is 3. The van der Waals surface area contributed by atoms with E-state index in [9.17, 15) is 9.59 Å². The lowest BCUT2D eigenvalue weighted by molar-refractivity contribution is -0.113. The van der Waals surface area contributed by atoms with E-state index in [0.29, 0.717) is 17.9 Å². The minimum absolute atomic E-state index is 0.257. The lowest BCUT2D eigenvalue weighted by atomic mass is 9.94. The molecule has 1 atom stereocenters. The van der Waals surface area contributed by atoms with E-state index in [1.807, 2.05) is 63.2 Å². The summed E-state index contributed by atoms with van der Waals surface area (Å²) in [5.74, 6) is 0.487. The number of rotatable bonds is 5. The summed E-state index contributed by atoms with van der Waals surface area (Å²) in [5.41, 5.74) is 4.79. The van der Waals surface area contributed by atoms with Gasteiger partial charge >= 0.3 is 6.03 Å². The Kier molecular flexibility index (Phi) is 5.68. The zero-order valence-electron chi connectivity index (χ0n) is 16.6. The first-order chi connectivity index (χ1) is 13.4. The van der Waals surface area contributed by atoms with Gasteiger partial charge in [0.1, 0.15) is 5.75 Å². The molecular weight excluding hydrogens is 354 g/mol. The number of ether oxygens (including phenoxy) is 1. The number of allylic oxidation sites excluding steroid dienone is 1. The molecule has 28 heavy (non-hydrogen) atoms. The number of anilines is 1. The van der Waals surface area contributed by atoms with Crippen molar-refractivity contribution in [1.82, 2.24) is 10.6 Å². The number of nitrogens with one attached hydrogen (secondary N) is 3. The van der Waals surface area contributed by atoms with Gasteiger partial charge in [0, 0.05) is 11.4 Å². The molecule has 6 heteroatoms. The SMILES string of the molecule is CCOc1ccc([C@@H]2NC(=O)NC(C)=C2C(=O)Nc2ccc(C)c(C)c2)cc1. The normalized spacial score (nSPS) is 16.3. The van der Waals surface area contributed by atoms with E-state index in [0.717, 1.165) is 28.1 Å². The largest absolute Gasteiger partial charge is 0.494 e. The molecule has 0 unspecified atom stereocenters. The highest BCUT2D eigenvalue weighted by atomic mass is 16.5. The first kappa shape index (κ1) is 19.5. The van der Waals surface area contributed by atoms with Gasteiger partial charge in [0.2, 0.25) is 0 Å². The number of carbonyl (C=O) groups is 2. The van der Waals surface area contributed by atoms with Crippen molar-refractivity contribution in [3.8, 4) is 5.75 Å². The fraction of sp³-hybridized carbons (Fsp3) is 0.273. The molecule has 2 aromatic rings. The molecular formula is C22H25N3O3. The topological polar surface area (TPSA) is 79.5 Å². The highest BCUT2D eigenvalue weighted by Crippen LogP contribution is 2.29. The van der Waals surface area contributed by atoms with Crippen LogP contribution in [0, 0.1) is 13.8 Å². The minimum atomic E-state index is -0.545. The maximum atomic E-state index is 13.0. The summed E-state index contributed by atoms with van der Waals surface area (Å²) in [6.07, 6.45) is 0. The number of benzene rings is 2. The van der Waals surface area contributed by atoms with Gasteiger partial charge in [-0.25, -0.2) is 4.79 Å². The molecule has 0 bridgehead atoms. The number of carbonyl (C=O) groups excluding carboxylic acids is 2. The lowest BCUT2D eigenvalue weighted by Crippen LogP contribution is -2.45. The molecule has 3 rings (SSSR count). The first-order valence-electron chi connectivity index (χ1n) is 9.28. The summed E-state index contributed by atoms with van der Waals surface area (Å²) in [6, 6.07) is 12.3. The molecule has 0 spiro atoms. The predicted molar refractivity (Wildman–Crippen MR) is 109 cm³/mol. The molecule has 3 amide bonds. The van der Waals surface area contributed by atoms with Gasteiger partial charge in [-0.05, 0) is 68.7 Å². The van der Waals surface area contributed by atoms with Crippen molar-refractivity contribution >= 4 is 17.6 Å². The third-order valence-corrected chi connectivity index (χ3v) is 4.80. The Morgan fingerprint density at radius 2 is 1.79 bits per heavy atom. The maximum absolute atomic E-state index is 13.0. The smallest absolute Gasteiger partial charge is 0.319 e. The zero-order valence-corrected chi connectivity index (χ0v) is 16.6. The van der Waals surface area contributed by atoms with Crippen LogP contribution in [0.25, 0.3) is 0 Å². The van der Waals surface area contributed by atoms with Gasteiger partial charge in [-0.1, -0.05) is 18.2 Å². The molecule has 1 heterocycles. The predicted octanol–water partition coefficient (Wildman–Crippen LogP) is 3.97. The fourth-order valence-corrected chi connectivity index (χ4v) is 3.19. The van der Waals surface area contributed by atoms with Crippen molar-refractivity contribution in [2.24, 2.45) is 0 Å². The standard InChI is InChI=1S/C22H25N3O3/c1-5-28-18-10-7-16(8-11-18)20-19(15(4)23-22(27)25-20)21(26)24-17-9-6-13(2)14(3)12-17/h6-12,20H,5H2,1-4H3,(H,24,26)(H2,23,25,27)/t20-/m0/s1. The Hall–Kier alpha value is -3.28. The van der Waals surface area contributed by atoms with E-state index in [1.165, 1.54) is 0 Å². The molecule has 0 aromatic heterocycles. The molecule has 0 saturated heterocycles. The van der Waals surface area contributed by atoms with Crippen molar-refractivity contribution in [2.75, 3.05) is 11.9 Å². The second kappa shape index (κ2) is 8.17. The minimum Gasteiger partial charge on any atom is -0.494 e. The lowest BCUT2D eigenvalue weighted by Gasteiger charge is -2.28. The highest BCUT2D eigenvalue weighted by molar-refractivity contribution is 6.06. The van der Waals surface area contributed by atoms with Crippen molar-refractivity contribution in [2.45, 2.75) is 33.7 Å². The molecule has 1 aliphatic rings. The summed E-state index contributed by atoms with van der Waals surface area (Å²) in [6.45, 7) is 8.25. The summed E-state index contributed by atoms with van der Waals surface area (Å²) < 4.78 is 5.47. The van der Waals surface area contributed by atoms with Crippen LogP contribution >= 0.6 is 0 Å². The van der Waals surface area contributed by atoms with Crippen LogP contribution in [-0.2, 0) is 4.79 Å². The Balaban J connectivity index is 1.90. The van der Waals surface area contributed by atoms with E-state index in [-0.39, 0.29) is 11.9 Å². The van der Waals surface area contributed by atoms with Crippen LogP contribution in [0.5, 0.6) is 5.75 Å². The van der Waals surface area contributed by atoms with Gasteiger partial charge in [-0.3, -0.25) is 4.79 Å². The van der Waals surface area contributed by atoms with Gasteiger partial charge in [0.15, 0.2) is 0 Å². The van der Waals surface area contributed by atoms with Crippen molar-refractivity contribution in [1.29, 1.82) is 0 Å². The van der Waals surface area contributed by atoms with Crippen LogP contribution in [0.4, 0.5) is 10.5 Å². The molecule has 0 radical (unpaired) electrons. The van der Waals surface area contributed by atoms with E-state index < -0.39 is 6.04 Å². The zero-order chi connectivity index (χ0) is 20.3. The summed E-state index contributed by atoms with van der Waals surface area (Å²) in [5, 5.41) is 8.48. The quantitative estimate of drug-likeness (QED) is 0.735. The Labute approximate surface area is 165 Å². The average molecular weight is 379 g/mol. The van der Waals surface area contributed by atoms with Gasteiger partial charge in [0.05, 0.1) is 18.2 Å². The Morgan fingerprint density at radius 1 is 1.07 bits per heavy atom. The number of urea groups is 1. The van der Waals surface area contributed by atoms with Gasteiger partial charge in [-0.15, -0.1) is 0 Å². The molecule has 3 N–H and O–H groups in total. The number of aryl methyl sites for hydroxylation is 2. The van der Waals surface area contributed by atoms with E-state index >= 15 is 0 Å². The maximum Gasteiger partial charge on any atom is 0.319 e. The molecule has 0 aliphatic carbocycles. The summed E-state index contributed by atoms with van der Waals surface area (Å²) in [7, 11) is 0. The van der Waals surface area contributed by atoms with Gasteiger partial charge in [0.25, 0.3) is 5.91 Å². The Bertz CT molecular complexity index is 933. The van der Waals surface area contributed by atoms with Crippen molar-refractivity contribution in [3.63, 3.8) is 0 Å². The third kappa shape index (κ3) is 4.17. The third-order valence-electron chi connectivity index (χ3n) is 4.80. The average Bonchev–Trinajstić information content (AvgIpc) is 2.65. The van der Waals surface area contributed by atoms with Gasteiger partial charge in [-0.2, -0.15) is 0 Å². The van der Waals surface area contributed by atoms with Gasteiger partial charge < -0.3 is 20.7 Å². The molecule has 2 aromatic carbocycles. The first-order valence-corrected chi connectivity index (χ1v) is 9.28. The van der Waals surface area contributed by atoms with Crippen LogP contribution in [-0.4, -0.2) is 18.5 Å². The molecule has 0 fully saturated rings. The van der Waals surface area contributed by atoms with Crippen LogP contribution in [0.15, 0.2) is 53.7 Å². The fourth-order valence-electron chi connectivity index (χ4n) is 3.19. The highest BCUT2D eigenvalue weighted by Gasteiger charge is 2.31. The molecule has 0 saturated carbocycles. The monoisotopic (exact) mass is 379 g/mol. The van der Waals surface area contributed by atoms with Crippen molar-refractivity contribution in [3.05, 3.63) is 70.4 Å². The molecule has 146 valence electrons. The van der Waals surface area contributed by atoms with Crippen LogP contribution in [0.3, 0.4) is 0 Å². The molecule has 1 aliphatic heterocycles. The van der Waals surface area contributed by atoms with Crippen molar-refractivity contribution < 1.29 is 14.3 Å². The summed E-state index contributed by atoms with van der Waals surface area (Å²) in [4.78, 5) is 25.1. The molecule has 6 nitrogen and oxygen atoms in total. The Morgan fingerprint density at radius 3 is 2.43 bits per heavy atom. The number of hydrogen-bond donors (Lipinski definition) is 3.